The minimum absolute atomic E-state index is 0.0551. The number of ether oxygens (including phenoxy) is 2. The second-order valence-electron chi connectivity index (χ2n) is 12.7. The van der Waals surface area contributed by atoms with Crippen LogP contribution in [-0.4, -0.2) is 47.8 Å². The molecule has 7 rings (SSSR count). The van der Waals surface area contributed by atoms with E-state index in [1.165, 1.54) is 18.2 Å². The quantitative estimate of drug-likeness (QED) is 0.203. The van der Waals surface area contributed by atoms with Gasteiger partial charge >= 0.3 is 6.36 Å². The Bertz CT molecular complexity index is 1940. The van der Waals surface area contributed by atoms with Crippen LogP contribution in [0.5, 0.6) is 11.5 Å². The number of hydrogen-bond donors (Lipinski definition) is 1. The summed E-state index contributed by atoms with van der Waals surface area (Å²) in [5.74, 6) is 5.91. The van der Waals surface area contributed by atoms with Gasteiger partial charge in [0, 0.05) is 12.6 Å². The molecule has 248 valence electrons. The van der Waals surface area contributed by atoms with E-state index in [1.807, 2.05) is 60.7 Å². The Labute approximate surface area is 278 Å². The van der Waals surface area contributed by atoms with E-state index in [-0.39, 0.29) is 29.4 Å². The van der Waals surface area contributed by atoms with Crippen LogP contribution in [0.15, 0.2) is 114 Å². The second-order valence-corrected chi connectivity index (χ2v) is 14.8. The molecule has 4 aromatic rings. The monoisotopic (exact) mass is 673 g/mol. The number of alkyl halides is 3. The maximum atomic E-state index is 14.4. The minimum atomic E-state index is -4.90. The minimum Gasteiger partial charge on any atom is -0.489 e. The molecule has 6 nitrogen and oxygen atoms in total. The number of rotatable bonds is 8. The van der Waals surface area contributed by atoms with Gasteiger partial charge in [-0.25, -0.2) is 8.42 Å². The Morgan fingerprint density at radius 1 is 0.875 bits per heavy atom. The summed E-state index contributed by atoms with van der Waals surface area (Å²) in [5, 5.41) is 12.0. The smallest absolute Gasteiger partial charge is 0.489 e. The van der Waals surface area contributed by atoms with Crippen LogP contribution in [0.3, 0.4) is 0 Å². The number of hydrogen-bond acceptors (Lipinski definition) is 6. The molecule has 2 bridgehead atoms. The van der Waals surface area contributed by atoms with Gasteiger partial charge in [-0.2, -0.15) is 0 Å². The molecule has 2 aliphatic heterocycles. The predicted octanol–water partition coefficient (Wildman–Crippen LogP) is 7.02. The molecular weight excluding hydrogens is 639 g/mol. The summed E-state index contributed by atoms with van der Waals surface area (Å²) in [6, 6.07) is 30.6. The van der Waals surface area contributed by atoms with E-state index in [0.29, 0.717) is 24.3 Å². The molecule has 10 heteroatoms. The molecule has 2 saturated heterocycles. The zero-order chi connectivity index (χ0) is 33.6. The number of sulfone groups is 1. The van der Waals surface area contributed by atoms with Crippen molar-refractivity contribution in [3.8, 4) is 23.3 Å². The topological polar surface area (TPSA) is 76.1 Å². The molecule has 0 radical (unpaired) electrons. The Morgan fingerprint density at radius 2 is 1.52 bits per heavy atom. The van der Waals surface area contributed by atoms with Gasteiger partial charge in [-0.3, -0.25) is 4.90 Å². The first-order valence-electron chi connectivity index (χ1n) is 16.0. The van der Waals surface area contributed by atoms with Crippen LogP contribution < -0.4 is 9.47 Å². The Kier molecular flexibility index (Phi) is 8.26. The number of piperidine rings is 1. The fourth-order valence-corrected chi connectivity index (χ4v) is 9.36. The molecule has 3 aliphatic rings. The maximum absolute atomic E-state index is 14.4. The zero-order valence-corrected chi connectivity index (χ0v) is 26.8. The van der Waals surface area contributed by atoms with Crippen molar-refractivity contribution in [2.75, 3.05) is 0 Å². The molecule has 4 aromatic carbocycles. The summed E-state index contributed by atoms with van der Waals surface area (Å²) in [6.45, 7) is 0.343. The molecule has 0 aromatic heterocycles. The molecule has 0 amide bonds. The van der Waals surface area contributed by atoms with E-state index in [1.54, 1.807) is 30.3 Å². The zero-order valence-electron chi connectivity index (χ0n) is 25.9. The van der Waals surface area contributed by atoms with Crippen molar-refractivity contribution in [3.05, 3.63) is 126 Å². The average molecular weight is 674 g/mol. The number of nitrogens with zero attached hydrogens (tertiary/aromatic N) is 1. The van der Waals surface area contributed by atoms with E-state index in [2.05, 4.69) is 21.5 Å². The third-order valence-corrected chi connectivity index (χ3v) is 11.8. The summed E-state index contributed by atoms with van der Waals surface area (Å²) in [6.07, 6.45) is -2.80. The highest BCUT2D eigenvalue weighted by Crippen LogP contribution is 2.58. The molecule has 3 fully saturated rings. The van der Waals surface area contributed by atoms with Gasteiger partial charge in [0.1, 0.15) is 17.1 Å². The first-order valence-corrected chi connectivity index (χ1v) is 17.5. The fourth-order valence-electron chi connectivity index (χ4n) is 7.32. The van der Waals surface area contributed by atoms with Crippen molar-refractivity contribution in [2.24, 2.45) is 0 Å². The van der Waals surface area contributed by atoms with Gasteiger partial charge in [-0.15, -0.1) is 13.2 Å². The van der Waals surface area contributed by atoms with Crippen molar-refractivity contribution >= 4 is 9.84 Å². The van der Waals surface area contributed by atoms with Gasteiger partial charge in [0.25, 0.3) is 0 Å². The standard InChI is InChI=1S/C38H34F3NO5S/c39-38(40,41)47-31-18-19-34(46-30-16-17-30)28(24-31)20-22-36(43)23-21-33-35(48(44,45)32-14-8-3-9-15-32)25-37(36,29-12-6-2-7-13-29)42(33)26-27-10-4-1-5-11-27/h1-15,18-19,24,30,33,35,43H,16-17,21,23,25-26H2. The van der Waals surface area contributed by atoms with Crippen LogP contribution in [0.2, 0.25) is 0 Å². The summed E-state index contributed by atoms with van der Waals surface area (Å²) >= 11 is 0. The molecule has 1 saturated carbocycles. The molecule has 4 atom stereocenters. The molecule has 4 unspecified atom stereocenters. The van der Waals surface area contributed by atoms with Crippen molar-refractivity contribution in [1.29, 1.82) is 0 Å². The number of fused-ring (bicyclic) bond motifs is 2. The molecule has 0 spiro atoms. The fraction of sp³-hybridized carbons (Fsp3) is 0.316. The lowest BCUT2D eigenvalue weighted by Crippen LogP contribution is -2.63. The molecule has 1 N–H and O–H groups in total. The van der Waals surface area contributed by atoms with Gasteiger partial charge in [0.2, 0.25) is 0 Å². The predicted molar refractivity (Wildman–Crippen MR) is 174 cm³/mol. The van der Waals surface area contributed by atoms with Crippen molar-refractivity contribution in [3.63, 3.8) is 0 Å². The molecule has 2 heterocycles. The Morgan fingerprint density at radius 3 is 2.17 bits per heavy atom. The highest BCUT2D eigenvalue weighted by molar-refractivity contribution is 7.92. The first-order chi connectivity index (χ1) is 23.0. The van der Waals surface area contributed by atoms with Crippen LogP contribution in [0.4, 0.5) is 13.2 Å². The van der Waals surface area contributed by atoms with Gasteiger partial charge in [0.05, 0.1) is 27.4 Å². The third-order valence-electron chi connectivity index (χ3n) is 9.63. The maximum Gasteiger partial charge on any atom is 0.573 e. The van der Waals surface area contributed by atoms with Crippen molar-refractivity contribution < 1.29 is 36.2 Å². The number of halogens is 3. The van der Waals surface area contributed by atoms with Gasteiger partial charge in [0.15, 0.2) is 9.84 Å². The Hall–Kier alpha value is -4.30. The van der Waals surface area contributed by atoms with E-state index in [9.17, 15) is 26.7 Å². The lowest BCUT2D eigenvalue weighted by molar-refractivity contribution is -0.274. The van der Waals surface area contributed by atoms with Crippen LogP contribution in [0, 0.1) is 11.8 Å². The van der Waals surface area contributed by atoms with Crippen molar-refractivity contribution in [1.82, 2.24) is 4.90 Å². The highest BCUT2D eigenvalue weighted by Gasteiger charge is 2.67. The molecule has 1 aliphatic carbocycles. The van der Waals surface area contributed by atoms with Gasteiger partial charge in [-0.1, -0.05) is 90.7 Å². The van der Waals surface area contributed by atoms with Gasteiger partial charge in [-0.05, 0) is 73.6 Å². The van der Waals surface area contributed by atoms with E-state index < -0.39 is 44.4 Å². The number of benzene rings is 4. The van der Waals surface area contributed by atoms with E-state index >= 15 is 0 Å². The SMILES string of the molecule is O=S(=O)(c1ccccc1)C1CC2(c3ccccc3)N(Cc3ccccc3)C1CCC2(O)C#Cc1cc(OC(F)(F)F)ccc1OC1CC1. The lowest BCUT2D eigenvalue weighted by atomic mass is 9.69. The van der Waals surface area contributed by atoms with Gasteiger partial charge < -0.3 is 14.6 Å². The Balaban J connectivity index is 1.39. The van der Waals surface area contributed by atoms with Crippen molar-refractivity contribution in [2.45, 2.75) is 78.4 Å². The summed E-state index contributed by atoms with van der Waals surface area (Å²) in [7, 11) is -3.86. The van der Waals surface area contributed by atoms with E-state index in [0.717, 1.165) is 18.4 Å². The van der Waals surface area contributed by atoms with Crippen LogP contribution in [0.25, 0.3) is 0 Å². The first kappa shape index (κ1) is 32.3. The van der Waals surface area contributed by atoms with Crippen LogP contribution in [-0.2, 0) is 21.9 Å². The third kappa shape index (κ3) is 6.07. The second kappa shape index (κ2) is 12.3. The van der Waals surface area contributed by atoms with Crippen LogP contribution in [0.1, 0.15) is 48.8 Å². The van der Waals surface area contributed by atoms with Crippen LogP contribution >= 0.6 is 0 Å². The number of aliphatic hydroxyl groups is 1. The highest BCUT2D eigenvalue weighted by atomic mass is 32.2. The molecular formula is C38H34F3NO5S. The summed E-state index contributed by atoms with van der Waals surface area (Å²) in [5.41, 5.74) is -1.31. The summed E-state index contributed by atoms with van der Waals surface area (Å²) < 4.78 is 78.4. The summed E-state index contributed by atoms with van der Waals surface area (Å²) in [4.78, 5) is 2.30. The lowest BCUT2D eigenvalue weighted by Gasteiger charge is -2.53. The largest absolute Gasteiger partial charge is 0.573 e. The molecule has 48 heavy (non-hydrogen) atoms. The van der Waals surface area contributed by atoms with E-state index in [4.69, 9.17) is 4.74 Å². The normalized spacial score (nSPS) is 25.6. The average Bonchev–Trinajstić information content (AvgIpc) is 3.85.